The Morgan fingerprint density at radius 3 is 2.50 bits per heavy atom. The lowest BCUT2D eigenvalue weighted by molar-refractivity contribution is 1.23. The summed E-state index contributed by atoms with van der Waals surface area (Å²) in [6, 6.07) is 10.8. The van der Waals surface area contributed by atoms with E-state index in [0.717, 1.165) is 11.6 Å². The van der Waals surface area contributed by atoms with Gasteiger partial charge in [-0.1, -0.05) is 29.3 Å². The van der Waals surface area contributed by atoms with Gasteiger partial charge in [0.15, 0.2) is 0 Å². The van der Waals surface area contributed by atoms with Crippen LogP contribution >= 0.6 is 11.8 Å². The maximum absolute atomic E-state index is 4.22. The van der Waals surface area contributed by atoms with E-state index in [1.165, 1.54) is 21.6 Å². The van der Waals surface area contributed by atoms with E-state index in [-0.39, 0.29) is 0 Å². The third kappa shape index (κ3) is 3.50. The Bertz CT molecular complexity index is 518. The fourth-order valence-corrected chi connectivity index (χ4v) is 2.81. The molecule has 0 saturated carbocycles. The van der Waals surface area contributed by atoms with Gasteiger partial charge in [0.25, 0.3) is 0 Å². The van der Waals surface area contributed by atoms with Gasteiger partial charge < -0.3 is 5.32 Å². The van der Waals surface area contributed by atoms with E-state index < -0.39 is 0 Å². The first-order chi connectivity index (χ1) is 8.67. The van der Waals surface area contributed by atoms with Crippen molar-refractivity contribution in [1.29, 1.82) is 0 Å². The van der Waals surface area contributed by atoms with E-state index in [1.54, 1.807) is 0 Å². The van der Waals surface area contributed by atoms with Gasteiger partial charge in [-0.25, -0.2) is 4.98 Å². The topological polar surface area (TPSA) is 24.9 Å². The summed E-state index contributed by atoms with van der Waals surface area (Å²) >= 11 is 1.84. The second-order valence-corrected chi connectivity index (χ2v) is 5.46. The standard InChI is InChI=1S/C15H18N2S/c1-11-6-12(2)8-13(7-11)10-18-14-4-5-17-15(9-14)16-3/h4-9H,10H2,1-3H3,(H,16,17). The summed E-state index contributed by atoms with van der Waals surface area (Å²) in [6.45, 7) is 4.29. The minimum absolute atomic E-state index is 0.917. The van der Waals surface area contributed by atoms with Gasteiger partial charge in [0, 0.05) is 23.9 Å². The van der Waals surface area contributed by atoms with Crippen LogP contribution in [0.25, 0.3) is 0 Å². The van der Waals surface area contributed by atoms with Crippen LogP contribution in [-0.2, 0) is 5.75 Å². The molecular formula is C15H18N2S. The van der Waals surface area contributed by atoms with Crippen molar-refractivity contribution >= 4 is 17.6 Å². The molecule has 0 fully saturated rings. The van der Waals surface area contributed by atoms with Crippen molar-refractivity contribution in [3.63, 3.8) is 0 Å². The lowest BCUT2D eigenvalue weighted by Gasteiger charge is -2.06. The lowest BCUT2D eigenvalue weighted by atomic mass is 10.1. The first kappa shape index (κ1) is 13.0. The summed E-state index contributed by atoms with van der Waals surface area (Å²) in [5.74, 6) is 1.91. The number of benzene rings is 1. The maximum Gasteiger partial charge on any atom is 0.126 e. The van der Waals surface area contributed by atoms with Gasteiger partial charge in [-0.3, -0.25) is 0 Å². The molecule has 18 heavy (non-hydrogen) atoms. The molecule has 2 aromatic rings. The fraction of sp³-hybridized carbons (Fsp3) is 0.267. The van der Waals surface area contributed by atoms with Crippen LogP contribution in [-0.4, -0.2) is 12.0 Å². The van der Waals surface area contributed by atoms with E-state index in [0.29, 0.717) is 0 Å². The third-order valence-electron chi connectivity index (χ3n) is 2.67. The van der Waals surface area contributed by atoms with Gasteiger partial charge in [0.1, 0.15) is 5.82 Å². The Morgan fingerprint density at radius 2 is 1.83 bits per heavy atom. The molecule has 0 saturated heterocycles. The summed E-state index contributed by atoms with van der Waals surface area (Å²) in [6.07, 6.45) is 1.84. The smallest absolute Gasteiger partial charge is 0.126 e. The Labute approximate surface area is 113 Å². The van der Waals surface area contributed by atoms with Crippen molar-refractivity contribution in [2.75, 3.05) is 12.4 Å². The van der Waals surface area contributed by atoms with Crippen molar-refractivity contribution in [2.24, 2.45) is 0 Å². The molecule has 0 atom stereocenters. The monoisotopic (exact) mass is 258 g/mol. The van der Waals surface area contributed by atoms with E-state index in [9.17, 15) is 0 Å². The van der Waals surface area contributed by atoms with Gasteiger partial charge in [0.05, 0.1) is 0 Å². The Morgan fingerprint density at radius 1 is 1.11 bits per heavy atom. The number of thioether (sulfide) groups is 1. The van der Waals surface area contributed by atoms with Crippen molar-refractivity contribution in [1.82, 2.24) is 4.98 Å². The number of nitrogens with zero attached hydrogens (tertiary/aromatic N) is 1. The minimum atomic E-state index is 0.917. The molecule has 1 aromatic heterocycles. The molecule has 94 valence electrons. The Hall–Kier alpha value is -1.48. The number of anilines is 1. The predicted molar refractivity (Wildman–Crippen MR) is 79.3 cm³/mol. The molecule has 3 heteroatoms. The highest BCUT2D eigenvalue weighted by Gasteiger charge is 2.00. The second-order valence-electron chi connectivity index (χ2n) is 4.41. The quantitative estimate of drug-likeness (QED) is 0.838. The molecule has 0 aliphatic heterocycles. The number of rotatable bonds is 4. The predicted octanol–water partition coefficient (Wildman–Crippen LogP) is 4.03. The second kappa shape index (κ2) is 5.91. The minimum Gasteiger partial charge on any atom is -0.373 e. The van der Waals surface area contributed by atoms with Crippen LogP contribution in [0.4, 0.5) is 5.82 Å². The van der Waals surface area contributed by atoms with Gasteiger partial charge in [-0.2, -0.15) is 0 Å². The number of aryl methyl sites for hydroxylation is 2. The Kier molecular flexibility index (Phi) is 4.26. The third-order valence-corrected chi connectivity index (χ3v) is 3.74. The van der Waals surface area contributed by atoms with Gasteiger partial charge in [-0.15, -0.1) is 11.8 Å². The zero-order chi connectivity index (χ0) is 13.0. The van der Waals surface area contributed by atoms with Crippen molar-refractivity contribution < 1.29 is 0 Å². The summed E-state index contributed by atoms with van der Waals surface area (Å²) in [7, 11) is 1.89. The molecule has 1 N–H and O–H groups in total. The van der Waals surface area contributed by atoms with Crippen molar-refractivity contribution in [3.05, 3.63) is 53.2 Å². The fourth-order valence-electron chi connectivity index (χ4n) is 1.96. The Balaban J connectivity index is 2.06. The van der Waals surface area contributed by atoms with Gasteiger partial charge in [-0.05, 0) is 31.5 Å². The number of pyridine rings is 1. The molecule has 2 rings (SSSR count). The summed E-state index contributed by atoms with van der Waals surface area (Å²) in [5, 5.41) is 3.06. The molecule has 0 radical (unpaired) electrons. The molecular weight excluding hydrogens is 240 g/mol. The molecule has 1 heterocycles. The normalized spacial score (nSPS) is 10.4. The summed E-state index contributed by atoms with van der Waals surface area (Å²) in [4.78, 5) is 5.46. The lowest BCUT2D eigenvalue weighted by Crippen LogP contribution is -1.91. The number of hydrogen-bond acceptors (Lipinski definition) is 3. The highest BCUT2D eigenvalue weighted by Crippen LogP contribution is 2.24. The molecule has 0 spiro atoms. The van der Waals surface area contributed by atoms with Crippen LogP contribution in [0.2, 0.25) is 0 Å². The zero-order valence-corrected chi connectivity index (χ0v) is 11.8. The van der Waals surface area contributed by atoms with E-state index in [1.807, 2.05) is 31.1 Å². The van der Waals surface area contributed by atoms with Crippen LogP contribution < -0.4 is 5.32 Å². The highest BCUT2D eigenvalue weighted by atomic mass is 32.2. The van der Waals surface area contributed by atoms with Gasteiger partial charge >= 0.3 is 0 Å². The zero-order valence-electron chi connectivity index (χ0n) is 11.0. The van der Waals surface area contributed by atoms with Crippen LogP contribution in [0, 0.1) is 13.8 Å². The van der Waals surface area contributed by atoms with E-state index >= 15 is 0 Å². The first-order valence-corrected chi connectivity index (χ1v) is 7.00. The molecule has 2 nitrogen and oxygen atoms in total. The molecule has 0 aliphatic rings. The number of nitrogens with one attached hydrogen (secondary N) is 1. The molecule has 0 unspecified atom stereocenters. The molecule has 0 bridgehead atoms. The van der Waals surface area contributed by atoms with Crippen LogP contribution in [0.3, 0.4) is 0 Å². The van der Waals surface area contributed by atoms with Crippen LogP contribution in [0.5, 0.6) is 0 Å². The van der Waals surface area contributed by atoms with Crippen LogP contribution in [0.15, 0.2) is 41.4 Å². The van der Waals surface area contributed by atoms with E-state index in [4.69, 9.17) is 0 Å². The van der Waals surface area contributed by atoms with E-state index in [2.05, 4.69) is 48.4 Å². The van der Waals surface area contributed by atoms with Crippen molar-refractivity contribution in [2.45, 2.75) is 24.5 Å². The first-order valence-electron chi connectivity index (χ1n) is 6.01. The average molecular weight is 258 g/mol. The summed E-state index contributed by atoms with van der Waals surface area (Å²) in [5.41, 5.74) is 4.04. The SMILES string of the molecule is CNc1cc(SCc2cc(C)cc(C)c2)ccn1. The number of hydrogen-bond donors (Lipinski definition) is 1. The summed E-state index contributed by atoms with van der Waals surface area (Å²) < 4.78 is 0. The molecule has 0 aliphatic carbocycles. The average Bonchev–Trinajstić information content (AvgIpc) is 2.35. The van der Waals surface area contributed by atoms with Crippen LogP contribution in [0.1, 0.15) is 16.7 Å². The van der Waals surface area contributed by atoms with Crippen molar-refractivity contribution in [3.8, 4) is 0 Å². The highest BCUT2D eigenvalue weighted by molar-refractivity contribution is 7.98. The molecule has 0 amide bonds. The largest absolute Gasteiger partial charge is 0.373 e. The maximum atomic E-state index is 4.22. The number of aromatic nitrogens is 1. The van der Waals surface area contributed by atoms with Gasteiger partial charge in [0.2, 0.25) is 0 Å². The molecule has 1 aromatic carbocycles.